The number of nitrogens with zero attached hydrogens (tertiary/aromatic N) is 1. The fraction of sp³-hybridized carbons (Fsp3) is 0.227. The minimum absolute atomic E-state index is 0. The second-order valence-corrected chi connectivity index (χ2v) is 7.55. The van der Waals surface area contributed by atoms with Gasteiger partial charge in [0.05, 0.1) is 17.8 Å². The lowest BCUT2D eigenvalue weighted by Crippen LogP contribution is -2.25. The molecule has 29 heavy (non-hydrogen) atoms. The first kappa shape index (κ1) is 22.2. The Labute approximate surface area is 176 Å². The van der Waals surface area contributed by atoms with Gasteiger partial charge in [-0.2, -0.15) is 0 Å². The van der Waals surface area contributed by atoms with E-state index < -0.39 is 0 Å². The molecule has 0 bridgehead atoms. The van der Waals surface area contributed by atoms with E-state index in [0.717, 1.165) is 5.56 Å². The fourth-order valence-corrected chi connectivity index (χ4v) is 2.76. The number of rotatable bonds is 5. The lowest BCUT2D eigenvalue weighted by atomic mass is 9.86. The molecule has 1 heterocycles. The summed E-state index contributed by atoms with van der Waals surface area (Å²) in [6.45, 7) is 6.65. The number of para-hydroxylation sites is 1. The summed E-state index contributed by atoms with van der Waals surface area (Å²) < 4.78 is 0. The number of carbonyl (C=O) groups is 2. The molecule has 152 valence electrons. The highest BCUT2D eigenvalue weighted by atomic mass is 35.5. The van der Waals surface area contributed by atoms with Crippen LogP contribution in [0.2, 0.25) is 0 Å². The van der Waals surface area contributed by atoms with Gasteiger partial charge in [0.2, 0.25) is 0 Å². The highest BCUT2D eigenvalue weighted by molar-refractivity contribution is 6.09. The van der Waals surface area contributed by atoms with Crippen LogP contribution in [0.15, 0.2) is 60.9 Å². The normalized spacial score (nSPS) is 10.7. The largest absolute Gasteiger partial charge is 0.347 e. The first-order valence-electron chi connectivity index (χ1n) is 9.12. The summed E-state index contributed by atoms with van der Waals surface area (Å²) in [7, 11) is 0. The van der Waals surface area contributed by atoms with Crippen LogP contribution in [0, 0.1) is 0 Å². The Balaban J connectivity index is 0.00000300. The van der Waals surface area contributed by atoms with E-state index in [-0.39, 0.29) is 36.2 Å². The van der Waals surface area contributed by atoms with Crippen LogP contribution in [0.1, 0.15) is 52.9 Å². The molecule has 3 N–H and O–H groups in total. The predicted molar refractivity (Wildman–Crippen MR) is 117 cm³/mol. The van der Waals surface area contributed by atoms with E-state index in [2.05, 4.69) is 41.4 Å². The van der Waals surface area contributed by atoms with Gasteiger partial charge in [0.15, 0.2) is 0 Å². The molecule has 0 aliphatic carbocycles. The van der Waals surface area contributed by atoms with E-state index in [4.69, 9.17) is 0 Å². The molecule has 0 unspecified atom stereocenters. The van der Waals surface area contributed by atoms with Crippen molar-refractivity contribution in [2.75, 3.05) is 5.32 Å². The molecule has 0 fully saturated rings. The number of anilines is 1. The predicted octanol–water partition coefficient (Wildman–Crippen LogP) is 4.31. The van der Waals surface area contributed by atoms with E-state index in [0.29, 0.717) is 22.6 Å². The van der Waals surface area contributed by atoms with E-state index >= 15 is 0 Å². The molecule has 0 saturated carbocycles. The molecule has 0 spiro atoms. The van der Waals surface area contributed by atoms with E-state index in [1.165, 1.54) is 0 Å². The number of nitrogens with one attached hydrogen (secondary N) is 3. The van der Waals surface area contributed by atoms with Crippen molar-refractivity contribution in [1.82, 2.24) is 15.3 Å². The Morgan fingerprint density at radius 3 is 2.31 bits per heavy atom. The zero-order valence-corrected chi connectivity index (χ0v) is 17.5. The summed E-state index contributed by atoms with van der Waals surface area (Å²) in [4.78, 5) is 32.2. The van der Waals surface area contributed by atoms with Crippen LogP contribution in [0.25, 0.3) is 0 Å². The zero-order chi connectivity index (χ0) is 20.1. The number of halogens is 1. The highest BCUT2D eigenvalue weighted by Gasteiger charge is 2.16. The van der Waals surface area contributed by atoms with Crippen molar-refractivity contribution in [3.05, 3.63) is 83.4 Å². The van der Waals surface area contributed by atoms with Crippen molar-refractivity contribution < 1.29 is 9.59 Å². The summed E-state index contributed by atoms with van der Waals surface area (Å²) in [5.41, 5.74) is 2.58. The van der Waals surface area contributed by atoms with Gasteiger partial charge in [-0.15, -0.1) is 12.4 Å². The van der Waals surface area contributed by atoms with Crippen molar-refractivity contribution in [3.8, 4) is 0 Å². The molecule has 0 aliphatic heterocycles. The van der Waals surface area contributed by atoms with Crippen LogP contribution in [-0.2, 0) is 12.0 Å². The number of benzene rings is 2. The van der Waals surface area contributed by atoms with Gasteiger partial charge in [-0.25, -0.2) is 4.98 Å². The van der Waals surface area contributed by atoms with Gasteiger partial charge < -0.3 is 15.6 Å². The third-order valence-electron chi connectivity index (χ3n) is 4.40. The molecule has 3 rings (SSSR count). The highest BCUT2D eigenvalue weighted by Crippen LogP contribution is 2.23. The average molecular weight is 413 g/mol. The third-order valence-corrected chi connectivity index (χ3v) is 4.40. The van der Waals surface area contributed by atoms with Gasteiger partial charge in [-0.3, -0.25) is 9.59 Å². The van der Waals surface area contributed by atoms with Crippen molar-refractivity contribution in [3.63, 3.8) is 0 Å². The Morgan fingerprint density at radius 1 is 1.00 bits per heavy atom. The third kappa shape index (κ3) is 5.68. The molecule has 2 aromatic carbocycles. The Kier molecular flexibility index (Phi) is 7.18. The second-order valence-electron chi connectivity index (χ2n) is 7.55. The molecule has 3 aromatic rings. The number of carbonyl (C=O) groups excluding carboxylic acids is 2. The summed E-state index contributed by atoms with van der Waals surface area (Å²) in [6.07, 6.45) is 3.32. The summed E-state index contributed by atoms with van der Waals surface area (Å²) in [5.74, 6) is 0.121. The standard InChI is InChI=1S/C22H24N4O2.ClH/c1-22(2,3)16-10-8-15(9-11-16)20(27)26-18-7-5-4-6-17(18)21(28)25-14-19-23-12-13-24-19;/h4-13H,14H2,1-3H3,(H,23,24)(H,25,28)(H,26,27);1H. The van der Waals surface area contributed by atoms with Crippen LogP contribution < -0.4 is 10.6 Å². The molecular weight excluding hydrogens is 388 g/mol. The lowest BCUT2D eigenvalue weighted by Gasteiger charge is -2.19. The van der Waals surface area contributed by atoms with E-state index in [1.54, 1.807) is 48.8 Å². The Bertz CT molecular complexity index is 961. The van der Waals surface area contributed by atoms with Gasteiger partial charge in [0.1, 0.15) is 5.82 Å². The van der Waals surface area contributed by atoms with Crippen LogP contribution >= 0.6 is 12.4 Å². The minimum atomic E-state index is -0.282. The monoisotopic (exact) mass is 412 g/mol. The summed E-state index contributed by atoms with van der Waals surface area (Å²) in [6, 6.07) is 14.4. The summed E-state index contributed by atoms with van der Waals surface area (Å²) >= 11 is 0. The number of aromatic nitrogens is 2. The van der Waals surface area contributed by atoms with Crippen molar-refractivity contribution in [2.45, 2.75) is 32.7 Å². The molecule has 6 nitrogen and oxygen atoms in total. The van der Waals surface area contributed by atoms with Gasteiger partial charge in [-0.05, 0) is 35.2 Å². The number of H-pyrrole nitrogens is 1. The van der Waals surface area contributed by atoms with Gasteiger partial charge in [-0.1, -0.05) is 45.0 Å². The summed E-state index contributed by atoms with van der Waals surface area (Å²) in [5, 5.41) is 5.63. The van der Waals surface area contributed by atoms with Crippen molar-refractivity contribution in [2.24, 2.45) is 0 Å². The first-order valence-corrected chi connectivity index (χ1v) is 9.12. The number of hydrogen-bond acceptors (Lipinski definition) is 3. The quantitative estimate of drug-likeness (QED) is 0.583. The van der Waals surface area contributed by atoms with Crippen LogP contribution in [-0.4, -0.2) is 21.8 Å². The van der Waals surface area contributed by atoms with E-state index in [1.807, 2.05) is 12.1 Å². The maximum absolute atomic E-state index is 12.6. The first-order chi connectivity index (χ1) is 13.3. The second kappa shape index (κ2) is 9.39. The zero-order valence-electron chi connectivity index (χ0n) is 16.7. The van der Waals surface area contributed by atoms with Crippen molar-refractivity contribution >= 4 is 29.9 Å². The van der Waals surface area contributed by atoms with Crippen LogP contribution in [0.5, 0.6) is 0 Å². The fourth-order valence-electron chi connectivity index (χ4n) is 2.76. The Morgan fingerprint density at radius 2 is 1.69 bits per heavy atom. The Hall–Kier alpha value is -3.12. The molecule has 1 aromatic heterocycles. The van der Waals surface area contributed by atoms with Crippen LogP contribution in [0.4, 0.5) is 5.69 Å². The smallest absolute Gasteiger partial charge is 0.255 e. The van der Waals surface area contributed by atoms with Gasteiger partial charge in [0, 0.05) is 18.0 Å². The molecule has 0 atom stereocenters. The van der Waals surface area contributed by atoms with Gasteiger partial charge >= 0.3 is 0 Å². The van der Waals surface area contributed by atoms with Crippen LogP contribution in [0.3, 0.4) is 0 Å². The number of imidazole rings is 1. The van der Waals surface area contributed by atoms with E-state index in [9.17, 15) is 9.59 Å². The lowest BCUT2D eigenvalue weighted by molar-refractivity contribution is 0.0951. The molecule has 0 radical (unpaired) electrons. The average Bonchev–Trinajstić information content (AvgIpc) is 3.19. The molecule has 0 aliphatic rings. The van der Waals surface area contributed by atoms with Crippen molar-refractivity contribution in [1.29, 1.82) is 0 Å². The number of hydrogen-bond donors (Lipinski definition) is 3. The topological polar surface area (TPSA) is 86.9 Å². The SMILES string of the molecule is CC(C)(C)c1ccc(C(=O)Nc2ccccc2C(=O)NCc2ncc[nH]2)cc1.Cl. The molecule has 0 saturated heterocycles. The van der Waals surface area contributed by atoms with Gasteiger partial charge in [0.25, 0.3) is 11.8 Å². The molecular formula is C22H25ClN4O2. The number of aromatic amines is 1. The maximum Gasteiger partial charge on any atom is 0.255 e. The molecule has 7 heteroatoms. The maximum atomic E-state index is 12.6. The number of amides is 2. The minimum Gasteiger partial charge on any atom is -0.347 e. The molecule has 2 amide bonds.